The maximum Gasteiger partial charge on any atom is 0.319 e. The van der Waals surface area contributed by atoms with Gasteiger partial charge in [0.15, 0.2) is 0 Å². The minimum absolute atomic E-state index is 0.117. The van der Waals surface area contributed by atoms with Crippen LogP contribution in [0, 0.1) is 11.3 Å². The van der Waals surface area contributed by atoms with Gasteiger partial charge in [-0.05, 0) is 82.7 Å². The molecule has 2 aliphatic heterocycles. The Morgan fingerprint density at radius 1 is 1.05 bits per heavy atom. The van der Waals surface area contributed by atoms with E-state index in [0.29, 0.717) is 18.5 Å². The molecule has 4 aliphatic rings. The Bertz CT molecular complexity index is 1190. The van der Waals surface area contributed by atoms with Crippen LogP contribution < -0.4 is 19.9 Å². The molecule has 1 saturated heterocycles. The first-order chi connectivity index (χ1) is 18.6. The molecule has 0 unspecified atom stereocenters. The van der Waals surface area contributed by atoms with Crippen LogP contribution in [0.25, 0.3) is 0 Å². The second-order valence-electron chi connectivity index (χ2n) is 11.6. The molecule has 0 bridgehead atoms. The fourth-order valence-corrected chi connectivity index (χ4v) is 7.00. The van der Waals surface area contributed by atoms with Gasteiger partial charge in [-0.3, -0.25) is 0 Å². The van der Waals surface area contributed by atoms with E-state index in [1.54, 1.807) is 0 Å². The van der Waals surface area contributed by atoms with Gasteiger partial charge in [-0.1, -0.05) is 12.1 Å². The third-order valence-electron chi connectivity index (χ3n) is 8.97. The fraction of sp³-hybridized carbons (Fsp3) is 0.633. The minimum atomic E-state index is 0.117. The first-order valence-electron chi connectivity index (χ1n) is 14.5. The number of anilines is 2. The summed E-state index contributed by atoms with van der Waals surface area (Å²) in [6.45, 7) is 4.28. The number of ether oxygens (including phenoxy) is 1. The molecule has 3 heterocycles. The Balaban J connectivity index is 1.33. The Hall–Kier alpha value is -2.89. The Morgan fingerprint density at radius 3 is 2.82 bits per heavy atom. The molecule has 3 atom stereocenters. The molecular formula is C30H41N7O. The number of hydrogen-bond donors (Lipinski definition) is 1. The SMILES string of the molecule is CN(C)[C@H]1CCC[C@@H]1Oc1nc2c(c(N3CCN[C@@H](CC#N)C3)n1)CCN(c1cccc3c1CCCC3)C2. The van der Waals surface area contributed by atoms with Crippen molar-refractivity contribution in [3.05, 3.63) is 40.6 Å². The Labute approximate surface area is 227 Å². The zero-order chi connectivity index (χ0) is 26.1. The number of nitrogens with one attached hydrogen (secondary N) is 1. The predicted molar refractivity (Wildman–Crippen MR) is 150 cm³/mol. The van der Waals surface area contributed by atoms with Crippen LogP contribution in [0.5, 0.6) is 6.01 Å². The third kappa shape index (κ3) is 5.06. The van der Waals surface area contributed by atoms with Crippen molar-refractivity contribution in [3.63, 3.8) is 0 Å². The molecule has 2 aliphatic carbocycles. The van der Waals surface area contributed by atoms with Crippen molar-refractivity contribution in [3.8, 4) is 12.1 Å². The van der Waals surface area contributed by atoms with Gasteiger partial charge in [-0.15, -0.1) is 0 Å². The van der Waals surface area contributed by atoms with Gasteiger partial charge >= 0.3 is 6.01 Å². The van der Waals surface area contributed by atoms with Crippen LogP contribution in [0.1, 0.15) is 60.9 Å². The number of piperazine rings is 1. The van der Waals surface area contributed by atoms with Crippen molar-refractivity contribution in [2.45, 2.75) is 82.5 Å². The average molecular weight is 516 g/mol. The van der Waals surface area contributed by atoms with Crippen LogP contribution in [-0.4, -0.2) is 73.3 Å². The quantitative estimate of drug-likeness (QED) is 0.627. The molecule has 1 aromatic heterocycles. The summed E-state index contributed by atoms with van der Waals surface area (Å²) in [6.07, 6.45) is 9.85. The monoisotopic (exact) mass is 515 g/mol. The first-order valence-corrected chi connectivity index (χ1v) is 14.5. The van der Waals surface area contributed by atoms with Crippen LogP contribution in [0.4, 0.5) is 11.5 Å². The van der Waals surface area contributed by atoms with Gasteiger partial charge in [-0.25, -0.2) is 0 Å². The maximum atomic E-state index is 9.30. The highest BCUT2D eigenvalue weighted by Gasteiger charge is 2.34. The third-order valence-corrected chi connectivity index (χ3v) is 8.97. The number of nitrogens with zero attached hydrogens (tertiary/aromatic N) is 6. The van der Waals surface area contributed by atoms with E-state index in [1.165, 1.54) is 54.5 Å². The highest BCUT2D eigenvalue weighted by molar-refractivity contribution is 5.61. The Kier molecular flexibility index (Phi) is 7.40. The molecule has 202 valence electrons. The second-order valence-corrected chi connectivity index (χ2v) is 11.6. The van der Waals surface area contributed by atoms with Crippen LogP contribution in [-0.2, 0) is 25.8 Å². The van der Waals surface area contributed by atoms with Crippen molar-refractivity contribution >= 4 is 11.5 Å². The molecule has 0 spiro atoms. The maximum absolute atomic E-state index is 9.30. The van der Waals surface area contributed by atoms with Crippen LogP contribution in [0.15, 0.2) is 18.2 Å². The number of likely N-dealkylation sites (N-methyl/N-ethyl adjacent to an activating group) is 1. The van der Waals surface area contributed by atoms with E-state index >= 15 is 0 Å². The largest absolute Gasteiger partial charge is 0.458 e. The lowest BCUT2D eigenvalue weighted by molar-refractivity contribution is 0.111. The number of benzene rings is 1. The summed E-state index contributed by atoms with van der Waals surface area (Å²) in [4.78, 5) is 17.3. The van der Waals surface area contributed by atoms with Crippen LogP contribution in [0.3, 0.4) is 0 Å². The molecule has 6 rings (SSSR count). The predicted octanol–water partition coefficient (Wildman–Crippen LogP) is 3.47. The van der Waals surface area contributed by atoms with E-state index in [9.17, 15) is 5.26 Å². The van der Waals surface area contributed by atoms with Gasteiger partial charge in [-0.2, -0.15) is 15.2 Å². The highest BCUT2D eigenvalue weighted by atomic mass is 16.5. The second kappa shape index (κ2) is 11.1. The molecule has 8 nitrogen and oxygen atoms in total. The lowest BCUT2D eigenvalue weighted by atomic mass is 9.89. The zero-order valence-electron chi connectivity index (χ0n) is 23.0. The summed E-state index contributed by atoms with van der Waals surface area (Å²) in [5, 5.41) is 12.8. The summed E-state index contributed by atoms with van der Waals surface area (Å²) in [5.74, 6) is 1.02. The minimum Gasteiger partial charge on any atom is -0.458 e. The van der Waals surface area contributed by atoms with Crippen molar-refractivity contribution in [1.82, 2.24) is 20.2 Å². The van der Waals surface area contributed by atoms with E-state index < -0.39 is 0 Å². The number of nitriles is 1. The molecule has 1 saturated carbocycles. The zero-order valence-corrected chi connectivity index (χ0v) is 23.0. The van der Waals surface area contributed by atoms with Gasteiger partial charge in [0.1, 0.15) is 11.9 Å². The van der Waals surface area contributed by atoms with E-state index in [-0.39, 0.29) is 12.1 Å². The molecule has 2 fully saturated rings. The topological polar surface area (TPSA) is 80.5 Å². The van der Waals surface area contributed by atoms with E-state index in [4.69, 9.17) is 14.7 Å². The van der Waals surface area contributed by atoms with Crippen molar-refractivity contribution in [2.24, 2.45) is 0 Å². The lowest BCUT2D eigenvalue weighted by Gasteiger charge is -2.38. The van der Waals surface area contributed by atoms with Gasteiger partial charge < -0.3 is 24.8 Å². The number of fused-ring (bicyclic) bond motifs is 2. The number of rotatable bonds is 6. The average Bonchev–Trinajstić information content (AvgIpc) is 3.41. The molecule has 0 radical (unpaired) electrons. The van der Waals surface area contributed by atoms with E-state index in [0.717, 1.165) is 63.5 Å². The first kappa shape index (κ1) is 25.4. The standard InChI is InChI=1S/C30H41N7O/c1-35(2)27-11-6-12-28(27)38-30-33-25-20-36(26-10-5-8-21-7-3-4-9-23(21)26)17-14-24(25)29(34-30)37-18-16-32-22(19-37)13-15-31/h5,8,10,22,27-28,32H,3-4,6-7,9,11-14,16-20H2,1-2H3/t22-,27-,28-/m0/s1. The van der Waals surface area contributed by atoms with Gasteiger partial charge in [0.2, 0.25) is 0 Å². The molecule has 2 aromatic rings. The number of hydrogen-bond acceptors (Lipinski definition) is 8. The summed E-state index contributed by atoms with van der Waals surface area (Å²) in [7, 11) is 4.28. The smallest absolute Gasteiger partial charge is 0.319 e. The van der Waals surface area contributed by atoms with Crippen molar-refractivity contribution < 1.29 is 4.74 Å². The highest BCUT2D eigenvalue weighted by Crippen LogP contribution is 2.36. The molecule has 38 heavy (non-hydrogen) atoms. The van der Waals surface area contributed by atoms with Crippen molar-refractivity contribution in [1.29, 1.82) is 5.26 Å². The van der Waals surface area contributed by atoms with Gasteiger partial charge in [0.05, 0.1) is 24.7 Å². The fourth-order valence-electron chi connectivity index (χ4n) is 7.00. The van der Waals surface area contributed by atoms with E-state index in [1.807, 2.05) is 0 Å². The number of aryl methyl sites for hydroxylation is 1. The van der Waals surface area contributed by atoms with Crippen molar-refractivity contribution in [2.75, 3.05) is 50.1 Å². The normalized spacial score (nSPS) is 25.2. The molecular weight excluding hydrogens is 474 g/mol. The summed E-state index contributed by atoms with van der Waals surface area (Å²) in [6, 6.07) is 10.3. The number of aromatic nitrogens is 2. The molecule has 1 N–H and O–H groups in total. The van der Waals surface area contributed by atoms with Crippen LogP contribution >= 0.6 is 0 Å². The lowest BCUT2D eigenvalue weighted by Crippen LogP contribution is -2.51. The summed E-state index contributed by atoms with van der Waals surface area (Å²) >= 11 is 0. The molecule has 0 amide bonds. The molecule has 1 aromatic carbocycles. The Morgan fingerprint density at radius 2 is 1.95 bits per heavy atom. The molecule has 8 heteroatoms. The van der Waals surface area contributed by atoms with E-state index in [2.05, 4.69) is 58.4 Å². The summed E-state index contributed by atoms with van der Waals surface area (Å²) in [5.41, 5.74) is 6.79. The van der Waals surface area contributed by atoms with Gasteiger partial charge in [0, 0.05) is 49.5 Å². The van der Waals surface area contributed by atoms with Gasteiger partial charge in [0.25, 0.3) is 0 Å². The van der Waals surface area contributed by atoms with Crippen LogP contribution in [0.2, 0.25) is 0 Å². The summed E-state index contributed by atoms with van der Waals surface area (Å²) < 4.78 is 6.58.